The smallest absolute Gasteiger partial charge is 0.256 e. The fourth-order valence-corrected chi connectivity index (χ4v) is 3.73. The first-order valence-electron chi connectivity index (χ1n) is 8.92. The number of hydrogen-bond acceptors (Lipinski definition) is 3. The highest BCUT2D eigenvalue weighted by Gasteiger charge is 2.43. The molecule has 1 fully saturated rings. The maximum absolute atomic E-state index is 12.8. The van der Waals surface area contributed by atoms with E-state index in [0.717, 1.165) is 6.42 Å². The van der Waals surface area contributed by atoms with Crippen LogP contribution in [0.5, 0.6) is 0 Å². The summed E-state index contributed by atoms with van der Waals surface area (Å²) < 4.78 is 0. The highest BCUT2D eigenvalue weighted by molar-refractivity contribution is 5.87. The molecule has 1 aromatic rings. The number of likely N-dealkylation sites (tertiary alicyclic amines) is 1. The van der Waals surface area contributed by atoms with Gasteiger partial charge in [-0.05, 0) is 37.3 Å². The molecule has 2 aliphatic rings. The Balaban J connectivity index is 1.69. The third-order valence-corrected chi connectivity index (χ3v) is 5.20. The van der Waals surface area contributed by atoms with E-state index in [0.29, 0.717) is 32.5 Å². The Hall–Kier alpha value is -2.14. The molecule has 2 aliphatic heterocycles. The Kier molecular flexibility index (Phi) is 4.95. The highest BCUT2D eigenvalue weighted by atomic mass is 16.3. The van der Waals surface area contributed by atoms with Crippen LogP contribution in [0.4, 0.5) is 0 Å². The number of benzene rings is 1. The molecule has 2 heterocycles. The van der Waals surface area contributed by atoms with Crippen LogP contribution in [-0.2, 0) is 9.59 Å². The number of rotatable bonds is 2. The quantitative estimate of drug-likeness (QED) is 0.894. The summed E-state index contributed by atoms with van der Waals surface area (Å²) in [5.41, 5.74) is 2.22. The molecular weight excluding hydrogens is 316 g/mol. The minimum absolute atomic E-state index is 0.0915. The second-order valence-corrected chi connectivity index (χ2v) is 7.18. The number of β-amino-alcohol motifs (C(OH)–C–C–N with tert-alkyl or cyclic N) is 1. The van der Waals surface area contributed by atoms with Crippen molar-refractivity contribution in [3.63, 3.8) is 0 Å². The van der Waals surface area contributed by atoms with Gasteiger partial charge in [0.25, 0.3) is 5.91 Å². The van der Waals surface area contributed by atoms with Gasteiger partial charge in [-0.1, -0.05) is 35.9 Å². The minimum Gasteiger partial charge on any atom is -0.378 e. The first-order valence-corrected chi connectivity index (χ1v) is 8.92. The van der Waals surface area contributed by atoms with Crippen LogP contribution in [0.15, 0.2) is 30.3 Å². The van der Waals surface area contributed by atoms with Crippen LogP contribution in [0.2, 0.25) is 0 Å². The van der Waals surface area contributed by atoms with E-state index < -0.39 is 5.60 Å². The van der Waals surface area contributed by atoms with Crippen molar-refractivity contribution in [1.82, 2.24) is 9.80 Å². The van der Waals surface area contributed by atoms with Crippen LogP contribution < -0.4 is 0 Å². The Morgan fingerprint density at radius 1 is 1.20 bits per heavy atom. The Labute approximate surface area is 148 Å². The molecule has 134 valence electrons. The summed E-state index contributed by atoms with van der Waals surface area (Å²) in [6, 6.07) is 8.37. The first-order chi connectivity index (χ1) is 11.9. The molecular formula is C20H26N2O3. The summed E-state index contributed by atoms with van der Waals surface area (Å²) in [4.78, 5) is 27.7. The number of nitrogens with zero attached hydrogens (tertiary/aromatic N) is 2. The number of aliphatic hydroxyl groups is 1. The van der Waals surface area contributed by atoms with E-state index in [-0.39, 0.29) is 18.4 Å². The van der Waals surface area contributed by atoms with Gasteiger partial charge in [-0.2, -0.15) is 0 Å². The van der Waals surface area contributed by atoms with E-state index in [1.165, 1.54) is 23.6 Å². The summed E-state index contributed by atoms with van der Waals surface area (Å²) in [5, 5.41) is 10.8. The lowest BCUT2D eigenvalue weighted by atomic mass is 9.90. The molecule has 0 radical (unpaired) electrons. The molecule has 1 aromatic carbocycles. The molecule has 0 bridgehead atoms. The third kappa shape index (κ3) is 3.76. The number of piperidine rings is 1. The van der Waals surface area contributed by atoms with Gasteiger partial charge in [0.1, 0.15) is 0 Å². The molecule has 0 saturated carbocycles. The average molecular weight is 342 g/mol. The Bertz CT molecular complexity index is 713. The van der Waals surface area contributed by atoms with Crippen molar-refractivity contribution >= 4 is 17.4 Å². The second kappa shape index (κ2) is 7.00. The Morgan fingerprint density at radius 3 is 2.64 bits per heavy atom. The first kappa shape index (κ1) is 17.7. The lowest BCUT2D eigenvalue weighted by Crippen LogP contribution is -2.59. The van der Waals surface area contributed by atoms with Crippen molar-refractivity contribution in [2.24, 2.45) is 0 Å². The zero-order valence-electron chi connectivity index (χ0n) is 15.0. The molecule has 3 rings (SSSR count). The topological polar surface area (TPSA) is 60.9 Å². The van der Waals surface area contributed by atoms with Crippen molar-refractivity contribution in [3.8, 4) is 0 Å². The van der Waals surface area contributed by atoms with Crippen LogP contribution in [0, 0.1) is 6.92 Å². The predicted octanol–water partition coefficient (Wildman–Crippen LogP) is 1.98. The van der Waals surface area contributed by atoms with E-state index in [2.05, 4.69) is 31.2 Å². The maximum Gasteiger partial charge on any atom is 0.256 e. The summed E-state index contributed by atoms with van der Waals surface area (Å²) in [6.07, 6.45) is 3.92. The molecule has 5 nitrogen and oxygen atoms in total. The standard InChI is InChI=1S/C20H26N2O3/c1-15-5-3-6-18(13-15)17-7-11-21(12-8-17)19(24)20(25)9-4-10-22(14-20)16(2)23/h3,5-7,13,25H,4,8-12,14H2,1-2H3/t20-/m0/s1. The molecule has 25 heavy (non-hydrogen) atoms. The molecule has 5 heteroatoms. The summed E-state index contributed by atoms with van der Waals surface area (Å²) in [5.74, 6) is -0.343. The van der Waals surface area contributed by atoms with Crippen LogP contribution in [-0.4, -0.2) is 58.5 Å². The van der Waals surface area contributed by atoms with Crippen LogP contribution in [0.25, 0.3) is 5.57 Å². The second-order valence-electron chi connectivity index (χ2n) is 7.18. The van der Waals surface area contributed by atoms with Gasteiger partial charge in [-0.15, -0.1) is 0 Å². The molecule has 0 aliphatic carbocycles. The van der Waals surface area contributed by atoms with E-state index in [9.17, 15) is 14.7 Å². The van der Waals surface area contributed by atoms with Crippen molar-refractivity contribution in [1.29, 1.82) is 0 Å². The minimum atomic E-state index is -1.45. The fourth-order valence-electron chi connectivity index (χ4n) is 3.73. The summed E-state index contributed by atoms with van der Waals surface area (Å²) in [6.45, 7) is 5.37. The van der Waals surface area contributed by atoms with Gasteiger partial charge in [-0.25, -0.2) is 0 Å². The number of aryl methyl sites for hydroxylation is 1. The number of amides is 2. The van der Waals surface area contributed by atoms with Gasteiger partial charge in [0.15, 0.2) is 5.60 Å². The lowest BCUT2D eigenvalue weighted by molar-refractivity contribution is -0.159. The molecule has 0 aromatic heterocycles. The Morgan fingerprint density at radius 2 is 2.00 bits per heavy atom. The van der Waals surface area contributed by atoms with Gasteiger partial charge in [-0.3, -0.25) is 9.59 Å². The molecule has 1 N–H and O–H groups in total. The van der Waals surface area contributed by atoms with Crippen molar-refractivity contribution < 1.29 is 14.7 Å². The van der Waals surface area contributed by atoms with Gasteiger partial charge < -0.3 is 14.9 Å². The van der Waals surface area contributed by atoms with E-state index in [4.69, 9.17) is 0 Å². The van der Waals surface area contributed by atoms with Gasteiger partial charge in [0, 0.05) is 26.6 Å². The SMILES string of the molecule is CC(=O)N1CCC[C@@](O)(C(=O)N2CC=C(c3cccc(C)c3)CC2)C1. The van der Waals surface area contributed by atoms with Gasteiger partial charge in [0.2, 0.25) is 5.91 Å². The van der Waals surface area contributed by atoms with Crippen LogP contribution in [0.3, 0.4) is 0 Å². The molecule has 0 spiro atoms. The third-order valence-electron chi connectivity index (χ3n) is 5.20. The average Bonchev–Trinajstić information content (AvgIpc) is 2.61. The van der Waals surface area contributed by atoms with E-state index >= 15 is 0 Å². The molecule has 1 atom stereocenters. The van der Waals surface area contributed by atoms with Gasteiger partial charge in [0.05, 0.1) is 6.54 Å². The lowest BCUT2D eigenvalue weighted by Gasteiger charge is -2.41. The van der Waals surface area contributed by atoms with Crippen LogP contribution >= 0.6 is 0 Å². The zero-order chi connectivity index (χ0) is 18.0. The largest absolute Gasteiger partial charge is 0.378 e. The maximum atomic E-state index is 12.8. The van der Waals surface area contributed by atoms with E-state index in [1.54, 1.807) is 9.80 Å². The number of carbonyl (C=O) groups is 2. The van der Waals surface area contributed by atoms with Crippen molar-refractivity contribution in [2.75, 3.05) is 26.2 Å². The monoisotopic (exact) mass is 342 g/mol. The van der Waals surface area contributed by atoms with Crippen LogP contribution in [0.1, 0.15) is 37.3 Å². The van der Waals surface area contributed by atoms with Gasteiger partial charge >= 0.3 is 0 Å². The molecule has 0 unspecified atom stereocenters. The number of carbonyl (C=O) groups excluding carboxylic acids is 2. The normalized spacial score (nSPS) is 24.0. The summed E-state index contributed by atoms with van der Waals surface area (Å²) in [7, 11) is 0. The summed E-state index contributed by atoms with van der Waals surface area (Å²) >= 11 is 0. The predicted molar refractivity (Wildman–Crippen MR) is 96.8 cm³/mol. The highest BCUT2D eigenvalue weighted by Crippen LogP contribution is 2.27. The van der Waals surface area contributed by atoms with Crippen molar-refractivity contribution in [3.05, 3.63) is 41.5 Å². The molecule has 1 saturated heterocycles. The van der Waals surface area contributed by atoms with Crippen molar-refractivity contribution in [2.45, 2.75) is 38.7 Å². The zero-order valence-corrected chi connectivity index (χ0v) is 15.0. The fraction of sp³-hybridized carbons (Fsp3) is 0.500. The molecule has 2 amide bonds. The van der Waals surface area contributed by atoms with E-state index in [1.807, 2.05) is 6.07 Å². The number of hydrogen-bond donors (Lipinski definition) is 1.